The lowest BCUT2D eigenvalue weighted by atomic mass is 9.60. The van der Waals surface area contributed by atoms with Gasteiger partial charge in [0.05, 0.1) is 22.7 Å². The Bertz CT molecular complexity index is 1230. The number of anilines is 1. The maximum atomic E-state index is 12.9. The average molecular weight is 458 g/mol. The fraction of sp³-hybridized carbons (Fsp3) is 0.364. The van der Waals surface area contributed by atoms with Crippen molar-refractivity contribution in [3.63, 3.8) is 0 Å². The molecule has 1 aliphatic heterocycles. The number of urea groups is 1. The van der Waals surface area contributed by atoms with Crippen molar-refractivity contribution in [2.45, 2.75) is 25.1 Å². The number of carbonyl (C=O) groups is 2. The van der Waals surface area contributed by atoms with E-state index in [0.717, 1.165) is 25.0 Å². The minimum atomic E-state index is -4.47. The Morgan fingerprint density at radius 2 is 2.00 bits per heavy atom. The number of aromatic amines is 1. The monoisotopic (exact) mass is 458 g/mol. The molecule has 5 rings (SSSR count). The van der Waals surface area contributed by atoms with Gasteiger partial charge in [0.25, 0.3) is 5.91 Å². The molecular weight excluding hydrogens is 437 g/mol. The first kappa shape index (κ1) is 21.2. The van der Waals surface area contributed by atoms with Crippen molar-refractivity contribution >= 4 is 28.7 Å². The van der Waals surface area contributed by atoms with Gasteiger partial charge in [-0.1, -0.05) is 6.07 Å². The van der Waals surface area contributed by atoms with Gasteiger partial charge in [-0.3, -0.25) is 9.89 Å². The van der Waals surface area contributed by atoms with E-state index in [0.29, 0.717) is 29.7 Å². The van der Waals surface area contributed by atoms with E-state index in [9.17, 15) is 22.8 Å². The second-order valence-corrected chi connectivity index (χ2v) is 8.83. The molecular formula is C22H21F3N6O2. The van der Waals surface area contributed by atoms with Crippen LogP contribution in [0, 0.1) is 5.41 Å². The van der Waals surface area contributed by atoms with Gasteiger partial charge in [0.15, 0.2) is 5.65 Å². The number of hydrogen-bond donors (Lipinski definition) is 2. The molecule has 2 aromatic heterocycles. The van der Waals surface area contributed by atoms with Gasteiger partial charge in [-0.05, 0) is 37.1 Å². The number of hydrogen-bond acceptors (Lipinski definition) is 4. The van der Waals surface area contributed by atoms with Crippen LogP contribution in [0.3, 0.4) is 0 Å². The quantitative estimate of drug-likeness (QED) is 0.625. The van der Waals surface area contributed by atoms with Crippen LogP contribution < -0.4 is 5.32 Å². The van der Waals surface area contributed by atoms with Crippen molar-refractivity contribution < 1.29 is 22.8 Å². The molecule has 1 spiro atoms. The molecule has 2 fully saturated rings. The third-order valence-electron chi connectivity index (χ3n) is 6.57. The Kier molecular flexibility index (Phi) is 4.80. The van der Waals surface area contributed by atoms with Crippen molar-refractivity contribution in [3.8, 4) is 0 Å². The minimum Gasteiger partial charge on any atom is -0.337 e. The van der Waals surface area contributed by atoms with E-state index in [1.807, 2.05) is 0 Å². The summed E-state index contributed by atoms with van der Waals surface area (Å²) >= 11 is 0. The number of alkyl halides is 3. The summed E-state index contributed by atoms with van der Waals surface area (Å²) in [6.07, 6.45) is 0.158. The second-order valence-electron chi connectivity index (χ2n) is 8.83. The standard InChI is InChI=1S/C22H21F3N6O2/c1-30(20(33)28-14-4-2-3-13(7-14)22(23,24)25)15-8-21(9-15)11-31(12-21)19(32)16-5-6-26-18-17(16)10-27-29-18/h2-7,10,15H,8-9,11-12H2,1H3,(H,28,33)(H,26,27,29). The van der Waals surface area contributed by atoms with Crippen LogP contribution in [0.4, 0.5) is 23.7 Å². The van der Waals surface area contributed by atoms with E-state index in [-0.39, 0.29) is 23.1 Å². The van der Waals surface area contributed by atoms with Crippen molar-refractivity contribution in [1.82, 2.24) is 25.0 Å². The molecule has 2 N–H and O–H groups in total. The summed E-state index contributed by atoms with van der Waals surface area (Å²) in [6.45, 7) is 1.21. The number of amides is 3. The lowest BCUT2D eigenvalue weighted by Crippen LogP contribution is -2.67. The number of fused-ring (bicyclic) bond motifs is 1. The van der Waals surface area contributed by atoms with Crippen molar-refractivity contribution in [1.29, 1.82) is 0 Å². The normalized spacial score (nSPS) is 17.5. The maximum Gasteiger partial charge on any atom is 0.416 e. The third kappa shape index (κ3) is 3.77. The minimum absolute atomic E-state index is 0.0202. The van der Waals surface area contributed by atoms with Crippen LogP contribution in [-0.2, 0) is 6.18 Å². The molecule has 0 bridgehead atoms. The zero-order valence-electron chi connectivity index (χ0n) is 17.7. The Morgan fingerprint density at radius 3 is 2.73 bits per heavy atom. The van der Waals surface area contributed by atoms with Gasteiger partial charge in [0.1, 0.15) is 0 Å². The van der Waals surface area contributed by atoms with Crippen LogP contribution in [0.5, 0.6) is 0 Å². The van der Waals surface area contributed by atoms with E-state index in [4.69, 9.17) is 0 Å². The smallest absolute Gasteiger partial charge is 0.337 e. The fourth-order valence-corrected chi connectivity index (χ4v) is 4.74. The van der Waals surface area contributed by atoms with Gasteiger partial charge in [-0.2, -0.15) is 18.3 Å². The Morgan fingerprint density at radius 1 is 1.24 bits per heavy atom. The first-order valence-corrected chi connectivity index (χ1v) is 10.4. The number of benzene rings is 1. The van der Waals surface area contributed by atoms with Crippen LogP contribution in [0.2, 0.25) is 0 Å². The number of pyridine rings is 1. The molecule has 0 unspecified atom stereocenters. The van der Waals surface area contributed by atoms with E-state index >= 15 is 0 Å². The highest BCUT2D eigenvalue weighted by molar-refractivity contribution is 6.05. The number of nitrogens with zero attached hydrogens (tertiary/aromatic N) is 4. The number of nitrogens with one attached hydrogen (secondary N) is 2. The largest absolute Gasteiger partial charge is 0.416 e. The van der Waals surface area contributed by atoms with E-state index in [2.05, 4.69) is 20.5 Å². The summed E-state index contributed by atoms with van der Waals surface area (Å²) in [5.41, 5.74) is 0.379. The first-order valence-electron chi connectivity index (χ1n) is 10.4. The van der Waals surface area contributed by atoms with Crippen LogP contribution >= 0.6 is 0 Å². The summed E-state index contributed by atoms with van der Waals surface area (Å²) < 4.78 is 38.7. The third-order valence-corrected chi connectivity index (χ3v) is 6.57. The second kappa shape index (κ2) is 7.46. The molecule has 3 amide bonds. The highest BCUT2D eigenvalue weighted by Gasteiger charge is 2.55. The van der Waals surface area contributed by atoms with Crippen LogP contribution in [0.15, 0.2) is 42.7 Å². The topological polar surface area (TPSA) is 94.2 Å². The fourth-order valence-electron chi connectivity index (χ4n) is 4.74. The highest BCUT2D eigenvalue weighted by Crippen LogP contribution is 2.50. The number of likely N-dealkylation sites (tertiary alicyclic amines) is 1. The summed E-state index contributed by atoms with van der Waals surface area (Å²) in [4.78, 5) is 32.9. The summed E-state index contributed by atoms with van der Waals surface area (Å²) in [5.74, 6) is -0.0754. The van der Waals surface area contributed by atoms with Gasteiger partial charge < -0.3 is 15.1 Å². The number of H-pyrrole nitrogens is 1. The zero-order chi connectivity index (χ0) is 23.4. The van der Waals surface area contributed by atoms with Crippen molar-refractivity contribution in [2.75, 3.05) is 25.5 Å². The maximum absolute atomic E-state index is 12.9. The van der Waals surface area contributed by atoms with Gasteiger partial charge in [-0.25, -0.2) is 9.78 Å². The number of aromatic nitrogens is 3. The highest BCUT2D eigenvalue weighted by atomic mass is 19.4. The molecule has 0 radical (unpaired) electrons. The number of carbonyl (C=O) groups excluding carboxylic acids is 2. The molecule has 1 saturated heterocycles. The van der Waals surface area contributed by atoms with Crippen LogP contribution in [0.25, 0.3) is 11.0 Å². The molecule has 1 saturated carbocycles. The molecule has 11 heteroatoms. The predicted octanol–water partition coefficient (Wildman–Crippen LogP) is 3.75. The molecule has 3 aromatic rings. The van der Waals surface area contributed by atoms with Crippen molar-refractivity contribution in [3.05, 3.63) is 53.9 Å². The molecule has 33 heavy (non-hydrogen) atoms. The number of rotatable bonds is 3. The lowest BCUT2D eigenvalue weighted by Gasteiger charge is -2.60. The SMILES string of the molecule is CN(C(=O)Nc1cccc(C(F)(F)F)c1)C1CC2(C1)CN(C(=O)c1ccnc3[nH]ncc13)C2. The summed E-state index contributed by atoms with van der Waals surface area (Å²) in [5, 5.41) is 9.91. The molecule has 1 aliphatic carbocycles. The zero-order valence-corrected chi connectivity index (χ0v) is 17.7. The van der Waals surface area contributed by atoms with E-state index in [1.54, 1.807) is 30.4 Å². The lowest BCUT2D eigenvalue weighted by molar-refractivity contribution is -0.137. The van der Waals surface area contributed by atoms with Gasteiger partial charge >= 0.3 is 12.2 Å². The van der Waals surface area contributed by atoms with E-state index in [1.165, 1.54) is 17.0 Å². The Balaban J connectivity index is 1.15. The van der Waals surface area contributed by atoms with Gasteiger partial charge in [0, 0.05) is 43.5 Å². The molecule has 8 nitrogen and oxygen atoms in total. The van der Waals surface area contributed by atoms with Gasteiger partial charge in [-0.15, -0.1) is 0 Å². The Hall–Kier alpha value is -3.63. The predicted molar refractivity (Wildman–Crippen MR) is 113 cm³/mol. The molecule has 3 heterocycles. The van der Waals surface area contributed by atoms with Gasteiger partial charge in [0.2, 0.25) is 0 Å². The molecule has 0 atom stereocenters. The van der Waals surface area contributed by atoms with Crippen molar-refractivity contribution in [2.24, 2.45) is 5.41 Å². The summed E-state index contributed by atoms with van der Waals surface area (Å²) in [6, 6.07) is 5.75. The molecule has 2 aliphatic rings. The van der Waals surface area contributed by atoms with E-state index < -0.39 is 17.8 Å². The molecule has 172 valence electrons. The average Bonchev–Trinajstić information content (AvgIpc) is 3.20. The Labute approximate surface area is 186 Å². The van der Waals surface area contributed by atoms with Crippen LogP contribution in [0.1, 0.15) is 28.8 Å². The summed E-state index contributed by atoms with van der Waals surface area (Å²) in [7, 11) is 1.63. The molecule has 1 aromatic carbocycles. The first-order chi connectivity index (χ1) is 15.7. The van der Waals surface area contributed by atoms with Crippen LogP contribution in [-0.4, -0.2) is 63.1 Å². The number of halogens is 3.